The fourth-order valence-corrected chi connectivity index (χ4v) is 3.16. The van der Waals surface area contributed by atoms with Gasteiger partial charge in [0.2, 0.25) is 0 Å². The molecule has 0 spiro atoms. The third-order valence-electron chi connectivity index (χ3n) is 4.34. The van der Waals surface area contributed by atoms with Gasteiger partial charge in [0.15, 0.2) is 0 Å². The molecule has 2 atom stereocenters. The number of piperidine rings is 1. The first kappa shape index (κ1) is 16.3. The average Bonchev–Trinajstić information content (AvgIpc) is 2.39. The number of rotatable bonds is 5. The molecule has 118 valence electrons. The summed E-state index contributed by atoms with van der Waals surface area (Å²) in [6.45, 7) is 11.5. The first-order valence-corrected chi connectivity index (χ1v) is 8.23. The second-order valence-electron chi connectivity index (χ2n) is 6.98. The predicted octanol–water partition coefficient (Wildman–Crippen LogP) is 4.20. The van der Waals surface area contributed by atoms with Crippen LogP contribution < -0.4 is 10.2 Å². The SMILES string of the molecule is CC(C)CNCc1ccc(N2CCC(C)CC2C)c(F)c1. The first-order valence-electron chi connectivity index (χ1n) is 8.23. The molecular weight excluding hydrogens is 263 g/mol. The van der Waals surface area contributed by atoms with E-state index < -0.39 is 0 Å². The van der Waals surface area contributed by atoms with Crippen molar-refractivity contribution in [2.24, 2.45) is 11.8 Å². The highest BCUT2D eigenvalue weighted by atomic mass is 19.1. The summed E-state index contributed by atoms with van der Waals surface area (Å²) < 4.78 is 14.4. The topological polar surface area (TPSA) is 15.3 Å². The van der Waals surface area contributed by atoms with Gasteiger partial charge in [0.1, 0.15) is 5.82 Å². The monoisotopic (exact) mass is 292 g/mol. The predicted molar refractivity (Wildman–Crippen MR) is 88.2 cm³/mol. The zero-order valence-electron chi connectivity index (χ0n) is 13.8. The maximum absolute atomic E-state index is 14.4. The van der Waals surface area contributed by atoms with Gasteiger partial charge < -0.3 is 10.2 Å². The molecule has 1 aromatic carbocycles. The molecule has 1 saturated heterocycles. The number of hydrogen-bond acceptors (Lipinski definition) is 2. The normalized spacial score (nSPS) is 22.9. The summed E-state index contributed by atoms with van der Waals surface area (Å²) in [5, 5.41) is 3.36. The Hall–Kier alpha value is -1.09. The fourth-order valence-electron chi connectivity index (χ4n) is 3.16. The van der Waals surface area contributed by atoms with Gasteiger partial charge in [-0.25, -0.2) is 4.39 Å². The fraction of sp³-hybridized carbons (Fsp3) is 0.667. The molecule has 21 heavy (non-hydrogen) atoms. The minimum absolute atomic E-state index is 0.0831. The molecule has 0 amide bonds. The lowest BCUT2D eigenvalue weighted by Gasteiger charge is -2.38. The molecule has 1 N–H and O–H groups in total. The molecule has 2 unspecified atom stereocenters. The van der Waals surface area contributed by atoms with Crippen molar-refractivity contribution in [3.05, 3.63) is 29.6 Å². The van der Waals surface area contributed by atoms with Crippen LogP contribution in [0.5, 0.6) is 0 Å². The summed E-state index contributed by atoms with van der Waals surface area (Å²) in [6, 6.07) is 6.12. The van der Waals surface area contributed by atoms with Gasteiger partial charge in [-0.3, -0.25) is 0 Å². The van der Waals surface area contributed by atoms with E-state index in [4.69, 9.17) is 0 Å². The second kappa shape index (κ2) is 7.26. The Bertz CT molecular complexity index is 459. The highest BCUT2D eigenvalue weighted by molar-refractivity contribution is 5.50. The summed E-state index contributed by atoms with van der Waals surface area (Å²) >= 11 is 0. The van der Waals surface area contributed by atoms with Crippen molar-refractivity contribution in [3.63, 3.8) is 0 Å². The van der Waals surface area contributed by atoms with E-state index in [0.717, 1.165) is 49.6 Å². The van der Waals surface area contributed by atoms with Crippen molar-refractivity contribution < 1.29 is 4.39 Å². The zero-order chi connectivity index (χ0) is 15.4. The van der Waals surface area contributed by atoms with Crippen LogP contribution in [0.4, 0.5) is 10.1 Å². The van der Waals surface area contributed by atoms with Crippen LogP contribution in [0, 0.1) is 17.7 Å². The molecule has 3 heteroatoms. The van der Waals surface area contributed by atoms with Gasteiger partial charge in [-0.2, -0.15) is 0 Å². The van der Waals surface area contributed by atoms with Crippen LogP contribution in [-0.2, 0) is 6.54 Å². The van der Waals surface area contributed by atoms with Crippen LogP contribution >= 0.6 is 0 Å². The summed E-state index contributed by atoms with van der Waals surface area (Å²) in [5.41, 5.74) is 1.79. The van der Waals surface area contributed by atoms with Gasteiger partial charge >= 0.3 is 0 Å². The van der Waals surface area contributed by atoms with E-state index in [-0.39, 0.29) is 5.82 Å². The second-order valence-corrected chi connectivity index (χ2v) is 6.98. The summed E-state index contributed by atoms with van der Waals surface area (Å²) in [5.74, 6) is 1.28. The molecule has 0 aromatic heterocycles. The molecule has 1 fully saturated rings. The van der Waals surface area contributed by atoms with Crippen LogP contribution in [0.3, 0.4) is 0 Å². The van der Waals surface area contributed by atoms with E-state index in [0.29, 0.717) is 12.0 Å². The van der Waals surface area contributed by atoms with Crippen LogP contribution in [0.25, 0.3) is 0 Å². The standard InChI is InChI=1S/C18H29FN2/c1-13(2)11-20-12-16-5-6-18(17(19)10-16)21-8-7-14(3)9-15(21)4/h5-6,10,13-15,20H,7-9,11-12H2,1-4H3. The molecular formula is C18H29FN2. The van der Waals surface area contributed by atoms with E-state index in [2.05, 4.69) is 44.0 Å². The molecule has 1 aliphatic rings. The molecule has 0 aliphatic carbocycles. The maximum Gasteiger partial charge on any atom is 0.146 e. The van der Waals surface area contributed by atoms with Crippen molar-refractivity contribution in [2.75, 3.05) is 18.0 Å². The average molecular weight is 292 g/mol. The van der Waals surface area contributed by atoms with Gasteiger partial charge in [0.25, 0.3) is 0 Å². The third kappa shape index (κ3) is 4.44. The van der Waals surface area contributed by atoms with Gasteiger partial charge in [-0.15, -0.1) is 0 Å². The Morgan fingerprint density at radius 1 is 1.33 bits per heavy atom. The number of nitrogens with one attached hydrogen (secondary N) is 1. The Balaban J connectivity index is 2.02. The minimum atomic E-state index is -0.0831. The highest BCUT2D eigenvalue weighted by Gasteiger charge is 2.24. The summed E-state index contributed by atoms with van der Waals surface area (Å²) in [4.78, 5) is 2.22. The quantitative estimate of drug-likeness (QED) is 0.875. The van der Waals surface area contributed by atoms with Gasteiger partial charge in [0.05, 0.1) is 5.69 Å². The first-order chi connectivity index (χ1) is 9.97. The van der Waals surface area contributed by atoms with E-state index >= 15 is 0 Å². The molecule has 1 aromatic rings. The van der Waals surface area contributed by atoms with Crippen molar-refractivity contribution in [3.8, 4) is 0 Å². The Kier molecular flexibility index (Phi) is 5.63. The number of anilines is 1. The van der Waals surface area contributed by atoms with Crippen molar-refractivity contribution in [1.29, 1.82) is 0 Å². The molecule has 0 saturated carbocycles. The van der Waals surface area contributed by atoms with E-state index in [9.17, 15) is 4.39 Å². The van der Waals surface area contributed by atoms with Crippen molar-refractivity contribution in [2.45, 2.75) is 53.1 Å². The molecule has 0 radical (unpaired) electrons. The summed E-state index contributed by atoms with van der Waals surface area (Å²) in [6.07, 6.45) is 2.30. The highest BCUT2D eigenvalue weighted by Crippen LogP contribution is 2.30. The maximum atomic E-state index is 14.4. The minimum Gasteiger partial charge on any atom is -0.366 e. The van der Waals surface area contributed by atoms with Gasteiger partial charge in [-0.1, -0.05) is 26.8 Å². The van der Waals surface area contributed by atoms with E-state index in [1.54, 1.807) is 6.07 Å². The van der Waals surface area contributed by atoms with E-state index in [1.165, 1.54) is 0 Å². The van der Waals surface area contributed by atoms with Crippen LogP contribution in [0.15, 0.2) is 18.2 Å². The van der Waals surface area contributed by atoms with Gasteiger partial charge in [-0.05, 0) is 55.8 Å². The largest absolute Gasteiger partial charge is 0.366 e. The van der Waals surface area contributed by atoms with Crippen LogP contribution in [0.2, 0.25) is 0 Å². The Morgan fingerprint density at radius 2 is 2.10 bits per heavy atom. The number of halogens is 1. The van der Waals surface area contributed by atoms with Crippen LogP contribution in [0.1, 0.15) is 46.1 Å². The Labute approximate surface area is 128 Å². The summed E-state index contributed by atoms with van der Waals surface area (Å²) in [7, 11) is 0. The number of nitrogens with zero attached hydrogens (tertiary/aromatic N) is 1. The van der Waals surface area contributed by atoms with Crippen LogP contribution in [-0.4, -0.2) is 19.1 Å². The van der Waals surface area contributed by atoms with Crippen molar-refractivity contribution >= 4 is 5.69 Å². The molecule has 1 aliphatic heterocycles. The smallest absolute Gasteiger partial charge is 0.146 e. The van der Waals surface area contributed by atoms with E-state index in [1.807, 2.05) is 6.07 Å². The molecule has 0 bridgehead atoms. The van der Waals surface area contributed by atoms with Crippen molar-refractivity contribution in [1.82, 2.24) is 5.32 Å². The third-order valence-corrected chi connectivity index (χ3v) is 4.34. The molecule has 2 nitrogen and oxygen atoms in total. The zero-order valence-corrected chi connectivity index (χ0v) is 13.8. The lowest BCUT2D eigenvalue weighted by molar-refractivity contribution is 0.374. The number of benzene rings is 1. The number of hydrogen-bond donors (Lipinski definition) is 1. The lowest BCUT2D eigenvalue weighted by Crippen LogP contribution is -2.40. The Morgan fingerprint density at radius 3 is 2.71 bits per heavy atom. The lowest BCUT2D eigenvalue weighted by atomic mass is 9.93. The van der Waals surface area contributed by atoms with Gasteiger partial charge in [0, 0.05) is 19.1 Å². The molecule has 2 rings (SSSR count). The molecule has 1 heterocycles.